The molecule has 0 aromatic carbocycles. The van der Waals surface area contributed by atoms with Gasteiger partial charge < -0.3 is 5.32 Å². The first-order chi connectivity index (χ1) is 12.1. The number of nitrogens with zero attached hydrogens (tertiary/aromatic N) is 5. The van der Waals surface area contributed by atoms with Gasteiger partial charge in [0.05, 0.1) is 16.9 Å². The third-order valence-corrected chi connectivity index (χ3v) is 3.74. The van der Waals surface area contributed by atoms with Crippen LogP contribution in [0.3, 0.4) is 0 Å². The van der Waals surface area contributed by atoms with Gasteiger partial charge in [0.2, 0.25) is 0 Å². The molecule has 126 valence electrons. The van der Waals surface area contributed by atoms with E-state index in [1.165, 1.54) is 18.7 Å². The van der Waals surface area contributed by atoms with Crippen molar-refractivity contribution < 1.29 is 4.79 Å². The molecule has 0 aliphatic rings. The van der Waals surface area contributed by atoms with Gasteiger partial charge in [-0.25, -0.2) is 24.9 Å². The fraction of sp³-hybridized carbons (Fsp3) is 0.176. The fourth-order valence-corrected chi connectivity index (χ4v) is 2.36. The molecule has 0 aliphatic heterocycles. The van der Waals surface area contributed by atoms with Crippen molar-refractivity contribution >= 4 is 23.2 Å². The zero-order valence-corrected chi connectivity index (χ0v) is 14.4. The molecule has 0 bridgehead atoms. The van der Waals surface area contributed by atoms with Gasteiger partial charge in [-0.2, -0.15) is 0 Å². The lowest BCUT2D eigenvalue weighted by Gasteiger charge is -2.12. The second-order valence-electron chi connectivity index (χ2n) is 5.56. The van der Waals surface area contributed by atoms with E-state index in [2.05, 4.69) is 30.2 Å². The quantitative estimate of drug-likeness (QED) is 0.722. The normalized spacial score (nSPS) is 10.7. The first-order valence-corrected chi connectivity index (χ1v) is 7.98. The molecule has 0 unspecified atom stereocenters. The Morgan fingerprint density at radius 2 is 1.84 bits per heavy atom. The number of hydrogen-bond acceptors (Lipinski definition) is 6. The van der Waals surface area contributed by atoms with Crippen molar-refractivity contribution in [3.05, 3.63) is 59.8 Å². The molecule has 0 aliphatic carbocycles. The first-order valence-electron chi connectivity index (χ1n) is 7.60. The second-order valence-corrected chi connectivity index (χ2v) is 5.92. The summed E-state index contributed by atoms with van der Waals surface area (Å²) in [6.45, 7) is 3.97. The van der Waals surface area contributed by atoms with Crippen LogP contribution in [0.5, 0.6) is 0 Å². The lowest BCUT2D eigenvalue weighted by Crippen LogP contribution is -2.15. The predicted octanol–water partition coefficient (Wildman–Crippen LogP) is 3.36. The van der Waals surface area contributed by atoms with Crippen molar-refractivity contribution in [2.45, 2.75) is 19.8 Å². The SMILES string of the molecule is CC(C)c1ncc(C(=O)Nc2c(-c3ccncn3)ccnc2Cl)cn1. The largest absolute Gasteiger partial charge is 0.319 e. The zero-order chi connectivity index (χ0) is 17.8. The molecule has 3 heterocycles. The van der Waals surface area contributed by atoms with Crippen LogP contribution in [0.4, 0.5) is 5.69 Å². The van der Waals surface area contributed by atoms with Crippen LogP contribution >= 0.6 is 11.6 Å². The number of amides is 1. The number of pyridine rings is 1. The van der Waals surface area contributed by atoms with E-state index in [-0.39, 0.29) is 17.0 Å². The average Bonchev–Trinajstić information content (AvgIpc) is 2.64. The van der Waals surface area contributed by atoms with E-state index in [4.69, 9.17) is 11.6 Å². The molecule has 0 spiro atoms. The van der Waals surface area contributed by atoms with Crippen molar-refractivity contribution in [3.63, 3.8) is 0 Å². The third kappa shape index (κ3) is 3.77. The van der Waals surface area contributed by atoms with Gasteiger partial charge >= 0.3 is 0 Å². The number of rotatable bonds is 4. The van der Waals surface area contributed by atoms with E-state index >= 15 is 0 Å². The Hall–Kier alpha value is -2.93. The maximum Gasteiger partial charge on any atom is 0.258 e. The van der Waals surface area contributed by atoms with Crippen molar-refractivity contribution in [2.75, 3.05) is 5.32 Å². The van der Waals surface area contributed by atoms with Crippen LogP contribution in [0, 0.1) is 0 Å². The number of anilines is 1. The lowest BCUT2D eigenvalue weighted by molar-refractivity contribution is 0.102. The molecule has 7 nitrogen and oxygen atoms in total. The molecule has 8 heteroatoms. The van der Waals surface area contributed by atoms with Crippen LogP contribution in [0.25, 0.3) is 11.3 Å². The van der Waals surface area contributed by atoms with Gasteiger partial charge in [0.15, 0.2) is 5.15 Å². The number of nitrogens with one attached hydrogen (secondary N) is 1. The van der Waals surface area contributed by atoms with Crippen LogP contribution in [0.15, 0.2) is 43.2 Å². The summed E-state index contributed by atoms with van der Waals surface area (Å²) in [5.74, 6) is 0.493. The Kier molecular flexibility index (Phi) is 4.95. The lowest BCUT2D eigenvalue weighted by atomic mass is 10.1. The predicted molar refractivity (Wildman–Crippen MR) is 94.3 cm³/mol. The Balaban J connectivity index is 1.91. The van der Waals surface area contributed by atoms with Gasteiger partial charge in [-0.15, -0.1) is 0 Å². The number of carbonyl (C=O) groups is 1. The molecule has 0 saturated heterocycles. The van der Waals surface area contributed by atoms with Crippen molar-refractivity contribution in [1.82, 2.24) is 24.9 Å². The van der Waals surface area contributed by atoms with E-state index in [0.717, 1.165) is 0 Å². The second kappa shape index (κ2) is 7.31. The standard InChI is InChI=1S/C17H15ClN6O/c1-10(2)16-21-7-11(8-22-16)17(25)24-14-12(3-6-20-15(14)18)13-4-5-19-9-23-13/h3-10H,1-2H3,(H,24,25). The Morgan fingerprint density at radius 3 is 2.48 bits per heavy atom. The van der Waals surface area contributed by atoms with Crippen LogP contribution in [0.2, 0.25) is 5.15 Å². The van der Waals surface area contributed by atoms with E-state index < -0.39 is 0 Å². The molecule has 0 saturated carbocycles. The highest BCUT2D eigenvalue weighted by Gasteiger charge is 2.16. The molecule has 0 radical (unpaired) electrons. The minimum Gasteiger partial charge on any atom is -0.319 e. The van der Waals surface area contributed by atoms with Crippen LogP contribution in [-0.4, -0.2) is 30.8 Å². The van der Waals surface area contributed by atoms with E-state index in [0.29, 0.717) is 28.3 Å². The maximum atomic E-state index is 12.5. The van der Waals surface area contributed by atoms with E-state index in [1.54, 1.807) is 24.5 Å². The minimum absolute atomic E-state index is 0.171. The summed E-state index contributed by atoms with van der Waals surface area (Å²) in [4.78, 5) is 33.0. The molecular formula is C17H15ClN6O. The Bertz CT molecular complexity index is 883. The summed E-state index contributed by atoms with van der Waals surface area (Å²) >= 11 is 6.18. The smallest absolute Gasteiger partial charge is 0.258 e. The zero-order valence-electron chi connectivity index (χ0n) is 13.6. The van der Waals surface area contributed by atoms with Crippen molar-refractivity contribution in [2.24, 2.45) is 0 Å². The van der Waals surface area contributed by atoms with Gasteiger partial charge in [-0.05, 0) is 12.1 Å². The molecule has 0 fully saturated rings. The van der Waals surface area contributed by atoms with Crippen molar-refractivity contribution in [3.8, 4) is 11.3 Å². The summed E-state index contributed by atoms with van der Waals surface area (Å²) < 4.78 is 0. The number of aromatic nitrogens is 5. The topological polar surface area (TPSA) is 93.6 Å². The summed E-state index contributed by atoms with van der Waals surface area (Å²) in [6.07, 6.45) is 7.57. The van der Waals surface area contributed by atoms with Gasteiger partial charge in [0.1, 0.15) is 12.2 Å². The highest BCUT2D eigenvalue weighted by atomic mass is 35.5. The first kappa shape index (κ1) is 16.9. The van der Waals surface area contributed by atoms with Gasteiger partial charge in [0.25, 0.3) is 5.91 Å². The highest BCUT2D eigenvalue weighted by molar-refractivity contribution is 6.33. The molecule has 3 aromatic rings. The monoisotopic (exact) mass is 354 g/mol. The molecule has 3 aromatic heterocycles. The van der Waals surface area contributed by atoms with Crippen molar-refractivity contribution in [1.29, 1.82) is 0 Å². The summed E-state index contributed by atoms with van der Waals surface area (Å²) in [7, 11) is 0. The molecule has 1 N–H and O–H groups in total. The Labute approximate surface area is 149 Å². The van der Waals surface area contributed by atoms with Gasteiger partial charge in [-0.3, -0.25) is 4.79 Å². The highest BCUT2D eigenvalue weighted by Crippen LogP contribution is 2.31. The van der Waals surface area contributed by atoms with E-state index in [9.17, 15) is 4.79 Å². The minimum atomic E-state index is -0.375. The number of carbonyl (C=O) groups excluding carboxylic acids is 1. The van der Waals surface area contributed by atoms with Crippen LogP contribution in [-0.2, 0) is 0 Å². The van der Waals surface area contributed by atoms with E-state index in [1.807, 2.05) is 13.8 Å². The van der Waals surface area contributed by atoms with Gasteiger partial charge in [-0.1, -0.05) is 25.4 Å². The fourth-order valence-electron chi connectivity index (χ4n) is 2.16. The van der Waals surface area contributed by atoms with Crippen LogP contribution in [0.1, 0.15) is 35.9 Å². The average molecular weight is 355 g/mol. The van der Waals surface area contributed by atoms with Gasteiger partial charge in [0, 0.05) is 36.3 Å². The molecule has 1 amide bonds. The number of halogens is 1. The molecule has 25 heavy (non-hydrogen) atoms. The molecule has 0 atom stereocenters. The summed E-state index contributed by atoms with van der Waals surface area (Å²) in [5, 5.41) is 2.94. The Morgan fingerprint density at radius 1 is 1.08 bits per heavy atom. The van der Waals surface area contributed by atoms with Crippen LogP contribution < -0.4 is 5.32 Å². The maximum absolute atomic E-state index is 12.5. The number of hydrogen-bond donors (Lipinski definition) is 1. The molecular weight excluding hydrogens is 340 g/mol. The third-order valence-electron chi connectivity index (χ3n) is 3.45. The molecule has 3 rings (SSSR count). The summed E-state index contributed by atoms with van der Waals surface area (Å²) in [6, 6.07) is 3.45. The summed E-state index contributed by atoms with van der Waals surface area (Å²) in [5.41, 5.74) is 1.98.